The molecule has 0 spiro atoms. The largest absolute Gasteiger partial charge is 0.340 e. The Kier molecular flexibility index (Phi) is 8.91. The number of rotatable bonds is 11. The average Bonchev–Trinajstić information content (AvgIpc) is 2.70. The summed E-state index contributed by atoms with van der Waals surface area (Å²) in [7, 11) is -4.54. The summed E-state index contributed by atoms with van der Waals surface area (Å²) in [6.45, 7) is 10.6. The second-order valence-corrected chi connectivity index (χ2v) is 10.9. The van der Waals surface area contributed by atoms with Gasteiger partial charge in [-0.05, 0) is 40.5 Å². The predicted octanol–water partition coefficient (Wildman–Crippen LogP) is 7.72. The summed E-state index contributed by atoms with van der Waals surface area (Å²) in [6.07, 6.45) is 5.65. The molecule has 3 nitrogen and oxygen atoms in total. The van der Waals surface area contributed by atoms with Crippen molar-refractivity contribution in [3.63, 3.8) is 0 Å². The van der Waals surface area contributed by atoms with E-state index in [4.69, 9.17) is 0 Å². The molecule has 2 rings (SSSR count). The van der Waals surface area contributed by atoms with Crippen LogP contribution in [0.15, 0.2) is 48.5 Å². The molecule has 0 amide bonds. The van der Waals surface area contributed by atoms with E-state index in [-0.39, 0.29) is 11.8 Å². The second kappa shape index (κ2) is 10.8. The van der Waals surface area contributed by atoms with E-state index in [0.29, 0.717) is 6.42 Å². The minimum Gasteiger partial charge on any atom is -0.324 e. The Balaban J connectivity index is 2.78. The summed E-state index contributed by atoms with van der Waals surface area (Å²) < 4.78 is 13.4. The molecule has 0 saturated heterocycles. The highest BCUT2D eigenvalue weighted by Crippen LogP contribution is 2.65. The molecule has 0 heterocycles. The zero-order valence-electron chi connectivity index (χ0n) is 19.3. The van der Waals surface area contributed by atoms with Crippen LogP contribution in [0.4, 0.5) is 0 Å². The average molecular weight is 431 g/mol. The quantitative estimate of drug-likeness (QED) is 0.283. The smallest absolute Gasteiger partial charge is 0.324 e. The maximum absolute atomic E-state index is 13.4. The molecule has 0 aromatic heterocycles. The maximum atomic E-state index is 13.4. The van der Waals surface area contributed by atoms with Crippen LogP contribution in [-0.2, 0) is 9.72 Å². The Hall–Kier alpha value is -1.41. The highest BCUT2D eigenvalue weighted by atomic mass is 31.2. The van der Waals surface area contributed by atoms with Gasteiger partial charge in [-0.25, -0.2) is 0 Å². The lowest BCUT2D eigenvalue weighted by molar-refractivity contribution is 0.327. The summed E-state index contributed by atoms with van der Waals surface area (Å²) in [5, 5.41) is -1.32. The molecule has 0 unspecified atom stereocenters. The van der Waals surface area contributed by atoms with E-state index in [1.54, 1.807) is 0 Å². The van der Waals surface area contributed by atoms with Gasteiger partial charge in [-0.2, -0.15) is 0 Å². The van der Waals surface area contributed by atoms with Gasteiger partial charge in [0.1, 0.15) is 5.16 Å². The first-order valence-electron chi connectivity index (χ1n) is 11.4. The SMILES string of the molecule is CCCCCCCC(c1ccccc1C(C)C)(c1ccccc1C(C)C)P(=O)(O)O. The van der Waals surface area contributed by atoms with Gasteiger partial charge in [0.05, 0.1) is 0 Å². The molecule has 0 bridgehead atoms. The van der Waals surface area contributed by atoms with Crippen LogP contribution in [0.2, 0.25) is 0 Å². The van der Waals surface area contributed by atoms with Gasteiger partial charge < -0.3 is 9.79 Å². The molecule has 0 aliphatic heterocycles. The van der Waals surface area contributed by atoms with Crippen molar-refractivity contribution in [1.82, 2.24) is 0 Å². The number of unbranched alkanes of at least 4 members (excludes halogenated alkanes) is 4. The van der Waals surface area contributed by atoms with Crippen LogP contribution in [0.1, 0.15) is 107 Å². The Morgan fingerprint density at radius 3 is 1.60 bits per heavy atom. The van der Waals surface area contributed by atoms with Crippen molar-refractivity contribution in [3.8, 4) is 0 Å². The Labute approximate surface area is 183 Å². The summed E-state index contributed by atoms with van der Waals surface area (Å²) in [5.74, 6) is 0.358. The van der Waals surface area contributed by atoms with Crippen LogP contribution >= 0.6 is 7.60 Å². The number of hydrogen-bond acceptors (Lipinski definition) is 1. The fourth-order valence-corrected chi connectivity index (χ4v) is 6.10. The van der Waals surface area contributed by atoms with Crippen LogP contribution in [-0.4, -0.2) is 9.79 Å². The van der Waals surface area contributed by atoms with E-state index in [9.17, 15) is 14.4 Å². The minimum absolute atomic E-state index is 0.179. The second-order valence-electron chi connectivity index (χ2n) is 9.05. The first-order chi connectivity index (χ1) is 14.2. The van der Waals surface area contributed by atoms with Crippen LogP contribution in [0.3, 0.4) is 0 Å². The first-order valence-corrected chi connectivity index (χ1v) is 13.0. The monoisotopic (exact) mass is 430 g/mol. The molecule has 2 aromatic carbocycles. The molecule has 166 valence electrons. The molecule has 0 aliphatic rings. The number of benzene rings is 2. The van der Waals surface area contributed by atoms with Crippen molar-refractivity contribution in [2.45, 2.75) is 90.1 Å². The summed E-state index contributed by atoms with van der Waals surface area (Å²) in [4.78, 5) is 21.9. The highest BCUT2D eigenvalue weighted by Gasteiger charge is 2.51. The zero-order valence-corrected chi connectivity index (χ0v) is 20.2. The van der Waals surface area contributed by atoms with Crippen molar-refractivity contribution in [3.05, 3.63) is 70.8 Å². The van der Waals surface area contributed by atoms with Gasteiger partial charge in [-0.1, -0.05) is 115 Å². The van der Waals surface area contributed by atoms with Gasteiger partial charge in [-0.15, -0.1) is 0 Å². The summed E-state index contributed by atoms with van der Waals surface area (Å²) in [5.41, 5.74) is 3.62. The van der Waals surface area contributed by atoms with E-state index in [1.165, 1.54) is 0 Å². The predicted molar refractivity (Wildman–Crippen MR) is 127 cm³/mol. The molecule has 30 heavy (non-hydrogen) atoms. The molecular formula is C26H39O3P. The number of hydrogen-bond donors (Lipinski definition) is 2. The molecule has 0 radical (unpaired) electrons. The maximum Gasteiger partial charge on any atom is 0.340 e. The highest BCUT2D eigenvalue weighted by molar-refractivity contribution is 7.53. The molecular weight excluding hydrogens is 391 g/mol. The standard InChI is InChI=1S/C26H39O3P/c1-6-7-8-9-14-19-26(30(27,28)29,24-17-12-10-15-22(24)20(2)3)25-18-13-11-16-23(25)21(4)5/h10-13,15-18,20-21H,6-9,14,19H2,1-5H3,(H2,27,28,29). The van der Waals surface area contributed by atoms with E-state index < -0.39 is 12.8 Å². The topological polar surface area (TPSA) is 57.5 Å². The molecule has 2 aromatic rings. The van der Waals surface area contributed by atoms with Gasteiger partial charge in [0.25, 0.3) is 0 Å². The van der Waals surface area contributed by atoms with E-state index >= 15 is 0 Å². The van der Waals surface area contributed by atoms with Gasteiger partial charge in [0.2, 0.25) is 0 Å². The molecule has 0 atom stereocenters. The lowest BCUT2D eigenvalue weighted by Gasteiger charge is -2.39. The van der Waals surface area contributed by atoms with Gasteiger partial charge >= 0.3 is 7.60 Å². The van der Waals surface area contributed by atoms with E-state index in [0.717, 1.165) is 54.4 Å². The Morgan fingerprint density at radius 2 is 1.20 bits per heavy atom. The molecule has 2 N–H and O–H groups in total. The Bertz CT molecular complexity index is 799. The van der Waals surface area contributed by atoms with E-state index in [2.05, 4.69) is 34.6 Å². The van der Waals surface area contributed by atoms with Gasteiger partial charge in [0.15, 0.2) is 0 Å². The van der Waals surface area contributed by atoms with Crippen molar-refractivity contribution < 1.29 is 14.4 Å². The van der Waals surface area contributed by atoms with Crippen LogP contribution in [0.5, 0.6) is 0 Å². The van der Waals surface area contributed by atoms with Gasteiger partial charge in [-0.3, -0.25) is 4.57 Å². The lowest BCUT2D eigenvalue weighted by atomic mass is 9.77. The van der Waals surface area contributed by atoms with Gasteiger partial charge in [0, 0.05) is 0 Å². The molecule has 0 saturated carbocycles. The van der Waals surface area contributed by atoms with Crippen molar-refractivity contribution in [2.24, 2.45) is 0 Å². The minimum atomic E-state index is -4.54. The van der Waals surface area contributed by atoms with Crippen LogP contribution < -0.4 is 0 Å². The zero-order chi connectivity index (χ0) is 22.4. The van der Waals surface area contributed by atoms with Crippen molar-refractivity contribution >= 4 is 7.60 Å². The molecule has 0 aliphatic carbocycles. The van der Waals surface area contributed by atoms with E-state index in [1.807, 2.05) is 48.5 Å². The normalized spacial score (nSPS) is 12.7. The summed E-state index contributed by atoms with van der Waals surface area (Å²) in [6, 6.07) is 15.7. The Morgan fingerprint density at radius 1 is 0.767 bits per heavy atom. The van der Waals surface area contributed by atoms with Crippen LogP contribution in [0.25, 0.3) is 0 Å². The third-order valence-corrected chi connectivity index (χ3v) is 7.90. The first kappa shape index (κ1) is 24.9. The van der Waals surface area contributed by atoms with Crippen molar-refractivity contribution in [1.29, 1.82) is 0 Å². The fourth-order valence-electron chi connectivity index (χ4n) is 4.61. The molecule has 4 heteroatoms. The van der Waals surface area contributed by atoms with Crippen LogP contribution in [0, 0.1) is 0 Å². The fraction of sp³-hybridized carbons (Fsp3) is 0.538. The lowest BCUT2D eigenvalue weighted by Crippen LogP contribution is -2.31. The summed E-state index contributed by atoms with van der Waals surface area (Å²) >= 11 is 0. The third-order valence-electron chi connectivity index (χ3n) is 6.20. The van der Waals surface area contributed by atoms with Crippen molar-refractivity contribution in [2.75, 3.05) is 0 Å². The third kappa shape index (κ3) is 5.25. The molecule has 0 fully saturated rings.